The fraction of sp³-hybridized carbons (Fsp3) is 0.400. The minimum atomic E-state index is -1.41. The highest BCUT2D eigenvalue weighted by molar-refractivity contribution is 6.31. The van der Waals surface area contributed by atoms with Gasteiger partial charge in [-0.3, -0.25) is 4.79 Å². The van der Waals surface area contributed by atoms with Crippen LogP contribution in [0.25, 0.3) is 11.0 Å². The molecule has 184 valence electrons. The number of likely N-dealkylation sites (tertiary alicyclic amines) is 1. The molecule has 0 radical (unpaired) electrons. The SMILES string of the molecule is O=NC(C(=O)NC(CN1CCCC1)C(O)c1ccc2c(c1)OCCO2)c1cc2cc(Cl)ccc2o1. The molecule has 2 aliphatic rings. The molecule has 9 nitrogen and oxygen atoms in total. The van der Waals surface area contributed by atoms with E-state index in [1.807, 2.05) is 0 Å². The highest BCUT2D eigenvalue weighted by atomic mass is 35.5. The maximum absolute atomic E-state index is 13.2. The molecule has 2 aromatic carbocycles. The number of fused-ring (bicyclic) bond motifs is 2. The summed E-state index contributed by atoms with van der Waals surface area (Å²) in [5, 5.41) is 18.3. The molecule has 3 heterocycles. The number of aliphatic hydroxyl groups is 1. The highest BCUT2D eigenvalue weighted by Crippen LogP contribution is 2.34. The number of rotatable bonds is 8. The Morgan fingerprint density at radius 3 is 2.63 bits per heavy atom. The third kappa shape index (κ3) is 5.12. The fourth-order valence-corrected chi connectivity index (χ4v) is 4.78. The number of hydrogen-bond acceptors (Lipinski definition) is 8. The lowest BCUT2D eigenvalue weighted by Gasteiger charge is -2.29. The van der Waals surface area contributed by atoms with Crippen LogP contribution in [0.1, 0.15) is 36.3 Å². The normalized spacial score (nSPS) is 18.2. The van der Waals surface area contributed by atoms with E-state index in [9.17, 15) is 14.8 Å². The first-order chi connectivity index (χ1) is 17.0. The van der Waals surface area contributed by atoms with Crippen LogP contribution >= 0.6 is 11.6 Å². The summed E-state index contributed by atoms with van der Waals surface area (Å²) in [4.78, 5) is 27.1. The molecule has 1 aromatic heterocycles. The lowest BCUT2D eigenvalue weighted by atomic mass is 10.00. The quantitative estimate of drug-likeness (QED) is 0.450. The van der Waals surface area contributed by atoms with Crippen LogP contribution in [0.5, 0.6) is 11.5 Å². The second-order valence-corrected chi connectivity index (χ2v) is 9.25. The van der Waals surface area contributed by atoms with Gasteiger partial charge in [-0.25, -0.2) is 0 Å². The number of nitrogens with one attached hydrogen (secondary N) is 1. The van der Waals surface area contributed by atoms with Gasteiger partial charge in [0.25, 0.3) is 5.91 Å². The van der Waals surface area contributed by atoms with Gasteiger partial charge in [0, 0.05) is 17.0 Å². The number of amides is 1. The maximum Gasteiger partial charge on any atom is 0.256 e. The van der Waals surface area contributed by atoms with E-state index in [-0.39, 0.29) is 5.76 Å². The first-order valence-electron chi connectivity index (χ1n) is 11.6. The Hall–Kier alpha value is -3.14. The van der Waals surface area contributed by atoms with E-state index in [4.69, 9.17) is 25.5 Å². The van der Waals surface area contributed by atoms with E-state index in [1.54, 1.807) is 42.5 Å². The van der Waals surface area contributed by atoms with Gasteiger partial charge >= 0.3 is 0 Å². The van der Waals surface area contributed by atoms with Gasteiger partial charge in [-0.15, -0.1) is 4.91 Å². The van der Waals surface area contributed by atoms with Crippen molar-refractivity contribution in [2.24, 2.45) is 5.18 Å². The number of furan rings is 1. The molecule has 5 rings (SSSR count). The molecular formula is C25H26ClN3O6. The van der Waals surface area contributed by atoms with Crippen molar-refractivity contribution >= 4 is 28.5 Å². The third-order valence-corrected chi connectivity index (χ3v) is 6.63. The van der Waals surface area contributed by atoms with Crippen molar-refractivity contribution in [2.75, 3.05) is 32.8 Å². The number of halogens is 1. The number of carbonyl (C=O) groups is 1. The third-order valence-electron chi connectivity index (χ3n) is 6.39. The van der Waals surface area contributed by atoms with Crippen LogP contribution < -0.4 is 14.8 Å². The Balaban J connectivity index is 1.38. The van der Waals surface area contributed by atoms with E-state index >= 15 is 0 Å². The zero-order valence-electron chi connectivity index (χ0n) is 19.0. The van der Waals surface area contributed by atoms with Crippen molar-refractivity contribution < 1.29 is 23.8 Å². The van der Waals surface area contributed by atoms with Crippen LogP contribution in [-0.4, -0.2) is 54.8 Å². The minimum Gasteiger partial charge on any atom is -0.486 e. The molecule has 35 heavy (non-hydrogen) atoms. The molecule has 0 aliphatic carbocycles. The lowest BCUT2D eigenvalue weighted by molar-refractivity contribution is -0.124. The number of carbonyl (C=O) groups excluding carboxylic acids is 1. The van der Waals surface area contributed by atoms with Gasteiger partial charge in [0.2, 0.25) is 6.04 Å². The van der Waals surface area contributed by atoms with Crippen LogP contribution in [0, 0.1) is 4.91 Å². The largest absolute Gasteiger partial charge is 0.486 e. The summed E-state index contributed by atoms with van der Waals surface area (Å²) in [5.74, 6) is 0.629. The molecule has 0 saturated carbocycles. The first-order valence-corrected chi connectivity index (χ1v) is 12.0. The van der Waals surface area contributed by atoms with Crippen molar-refractivity contribution in [1.29, 1.82) is 0 Å². The molecular weight excluding hydrogens is 474 g/mol. The molecule has 3 unspecified atom stereocenters. The van der Waals surface area contributed by atoms with Gasteiger partial charge in [-0.05, 0) is 73.1 Å². The lowest BCUT2D eigenvalue weighted by Crippen LogP contribution is -2.47. The van der Waals surface area contributed by atoms with Crippen LogP contribution in [0.4, 0.5) is 0 Å². The van der Waals surface area contributed by atoms with Gasteiger partial charge in [0.15, 0.2) is 11.5 Å². The Kier molecular flexibility index (Phi) is 6.90. The number of nitrogens with zero attached hydrogens (tertiary/aromatic N) is 2. The van der Waals surface area contributed by atoms with Crippen LogP contribution in [0.15, 0.2) is 52.1 Å². The molecule has 2 N–H and O–H groups in total. The van der Waals surface area contributed by atoms with Crippen molar-refractivity contribution in [1.82, 2.24) is 10.2 Å². The maximum atomic E-state index is 13.2. The molecule has 10 heteroatoms. The predicted octanol–water partition coefficient (Wildman–Crippen LogP) is 3.98. The Morgan fingerprint density at radius 2 is 1.86 bits per heavy atom. The number of nitroso groups, excluding NO2 is 1. The van der Waals surface area contributed by atoms with Gasteiger partial charge in [0.1, 0.15) is 30.7 Å². The highest BCUT2D eigenvalue weighted by Gasteiger charge is 2.32. The molecule has 0 spiro atoms. The summed E-state index contributed by atoms with van der Waals surface area (Å²) in [5.41, 5.74) is 1.07. The summed E-state index contributed by atoms with van der Waals surface area (Å²) in [7, 11) is 0. The van der Waals surface area contributed by atoms with Crippen molar-refractivity contribution in [3.05, 3.63) is 63.7 Å². The van der Waals surface area contributed by atoms with Crippen LogP contribution in [0.2, 0.25) is 5.02 Å². The summed E-state index contributed by atoms with van der Waals surface area (Å²) < 4.78 is 16.9. The van der Waals surface area contributed by atoms with Crippen molar-refractivity contribution in [3.63, 3.8) is 0 Å². The average molecular weight is 500 g/mol. The van der Waals surface area contributed by atoms with Gasteiger partial charge in [-0.1, -0.05) is 17.7 Å². The van der Waals surface area contributed by atoms with Crippen LogP contribution in [0.3, 0.4) is 0 Å². The Labute approximate surface area is 206 Å². The molecule has 1 amide bonds. The monoisotopic (exact) mass is 499 g/mol. The zero-order valence-corrected chi connectivity index (χ0v) is 19.7. The number of benzene rings is 2. The van der Waals surface area contributed by atoms with E-state index in [0.717, 1.165) is 25.9 Å². The standard InChI is InChI=1S/C25H26ClN3O6/c26-17-4-6-19-16(11-17)13-22(35-19)23(28-32)25(31)27-18(14-29-7-1-2-8-29)24(30)15-3-5-20-21(12-15)34-10-9-33-20/h3-6,11-13,18,23-24,30H,1-2,7-10,14H2,(H,27,31). The average Bonchev–Trinajstić information content (AvgIpc) is 3.53. The van der Waals surface area contributed by atoms with E-state index in [2.05, 4.69) is 15.4 Å². The van der Waals surface area contributed by atoms with Crippen molar-refractivity contribution in [3.8, 4) is 11.5 Å². The van der Waals surface area contributed by atoms with Crippen LogP contribution in [-0.2, 0) is 4.79 Å². The summed E-state index contributed by atoms with van der Waals surface area (Å²) in [6, 6.07) is 9.72. The molecule has 0 bridgehead atoms. The topological polar surface area (TPSA) is 114 Å². The van der Waals surface area contributed by atoms with Gasteiger partial charge in [-0.2, -0.15) is 0 Å². The number of hydrogen-bond donors (Lipinski definition) is 2. The Bertz CT molecular complexity index is 1230. The minimum absolute atomic E-state index is 0.114. The second kappa shape index (κ2) is 10.2. The summed E-state index contributed by atoms with van der Waals surface area (Å²) >= 11 is 6.04. The van der Waals surface area contributed by atoms with E-state index in [0.29, 0.717) is 52.8 Å². The molecule has 1 saturated heterocycles. The first kappa shape index (κ1) is 23.6. The van der Waals surface area contributed by atoms with Crippen molar-refractivity contribution in [2.45, 2.75) is 31.0 Å². The molecule has 3 aromatic rings. The van der Waals surface area contributed by atoms with E-state index < -0.39 is 24.1 Å². The Morgan fingerprint density at radius 1 is 1.09 bits per heavy atom. The van der Waals surface area contributed by atoms with Gasteiger partial charge in [0.05, 0.1) is 6.04 Å². The number of ether oxygens (including phenoxy) is 2. The molecule has 1 fully saturated rings. The van der Waals surface area contributed by atoms with Gasteiger partial charge < -0.3 is 29.2 Å². The summed E-state index contributed by atoms with van der Waals surface area (Å²) in [6.07, 6.45) is 1.07. The molecule has 3 atom stereocenters. The molecule has 2 aliphatic heterocycles. The number of aliphatic hydroxyl groups excluding tert-OH is 1. The zero-order chi connectivity index (χ0) is 24.4. The predicted molar refractivity (Wildman–Crippen MR) is 130 cm³/mol. The summed E-state index contributed by atoms with van der Waals surface area (Å²) in [6.45, 7) is 3.06. The fourth-order valence-electron chi connectivity index (χ4n) is 4.60. The second-order valence-electron chi connectivity index (χ2n) is 8.81. The smallest absolute Gasteiger partial charge is 0.256 e. The van der Waals surface area contributed by atoms with E-state index in [1.165, 1.54) is 0 Å².